The molecule has 0 radical (unpaired) electrons. The van der Waals surface area contributed by atoms with Crippen molar-refractivity contribution in [3.8, 4) is 11.6 Å². The molecule has 0 aliphatic rings. The minimum Gasteiger partial charge on any atom is -0.439 e. The van der Waals surface area contributed by atoms with Crippen molar-refractivity contribution < 1.29 is 4.74 Å². The van der Waals surface area contributed by atoms with Crippen LogP contribution in [-0.4, -0.2) is 11.0 Å². The highest BCUT2D eigenvalue weighted by molar-refractivity contribution is 5.33. The van der Waals surface area contributed by atoms with Crippen LogP contribution in [0.15, 0.2) is 42.6 Å². The van der Waals surface area contributed by atoms with Crippen molar-refractivity contribution in [3.63, 3.8) is 0 Å². The van der Waals surface area contributed by atoms with Gasteiger partial charge in [-0.15, -0.1) is 0 Å². The van der Waals surface area contributed by atoms with E-state index in [1.165, 1.54) is 0 Å². The molecule has 1 unspecified atom stereocenters. The summed E-state index contributed by atoms with van der Waals surface area (Å²) in [5.41, 5.74) is 8.15. The first-order chi connectivity index (χ1) is 9.19. The first kappa shape index (κ1) is 13.6. The van der Waals surface area contributed by atoms with Crippen LogP contribution >= 0.6 is 0 Å². The predicted octanol–water partition coefficient (Wildman–Crippen LogP) is 3.46. The standard InChI is InChI=1S/C16H20N2O/c1-3-14(17)10-13-9-12(2)16(18-11-13)19-15-7-5-4-6-8-15/h4-9,11,14H,3,10,17H2,1-2H3. The summed E-state index contributed by atoms with van der Waals surface area (Å²) in [6.45, 7) is 4.10. The fourth-order valence-electron chi connectivity index (χ4n) is 1.89. The summed E-state index contributed by atoms with van der Waals surface area (Å²) in [5.74, 6) is 1.45. The Labute approximate surface area is 114 Å². The number of para-hydroxylation sites is 1. The molecule has 1 atom stereocenters. The number of rotatable bonds is 5. The van der Waals surface area contributed by atoms with Crippen molar-refractivity contribution in [2.75, 3.05) is 0 Å². The van der Waals surface area contributed by atoms with Gasteiger partial charge in [0.25, 0.3) is 0 Å². The van der Waals surface area contributed by atoms with E-state index >= 15 is 0 Å². The van der Waals surface area contributed by atoms with E-state index in [9.17, 15) is 0 Å². The second-order valence-corrected chi connectivity index (χ2v) is 4.75. The SMILES string of the molecule is CCC(N)Cc1cnc(Oc2ccccc2)c(C)c1. The van der Waals surface area contributed by atoms with Gasteiger partial charge in [-0.1, -0.05) is 25.1 Å². The van der Waals surface area contributed by atoms with Crippen LogP contribution in [0.25, 0.3) is 0 Å². The summed E-state index contributed by atoms with van der Waals surface area (Å²) in [5, 5.41) is 0. The molecule has 0 saturated heterocycles. The van der Waals surface area contributed by atoms with Crippen molar-refractivity contribution in [2.45, 2.75) is 32.7 Å². The average Bonchev–Trinajstić information content (AvgIpc) is 2.43. The number of nitrogens with zero attached hydrogens (tertiary/aromatic N) is 1. The molecular formula is C16H20N2O. The molecule has 1 heterocycles. The van der Waals surface area contributed by atoms with Crippen LogP contribution in [0.2, 0.25) is 0 Å². The van der Waals surface area contributed by atoms with Crippen molar-refractivity contribution >= 4 is 0 Å². The third-order valence-corrected chi connectivity index (χ3v) is 3.07. The highest BCUT2D eigenvalue weighted by Gasteiger charge is 2.07. The molecule has 19 heavy (non-hydrogen) atoms. The molecule has 0 bridgehead atoms. The normalized spacial score (nSPS) is 12.2. The predicted molar refractivity (Wildman–Crippen MR) is 77.5 cm³/mol. The zero-order valence-corrected chi connectivity index (χ0v) is 11.5. The van der Waals surface area contributed by atoms with Crippen LogP contribution in [0.5, 0.6) is 11.6 Å². The number of benzene rings is 1. The van der Waals surface area contributed by atoms with E-state index in [0.717, 1.165) is 29.7 Å². The summed E-state index contributed by atoms with van der Waals surface area (Å²) in [6.07, 6.45) is 3.68. The Morgan fingerprint density at radius 3 is 2.63 bits per heavy atom. The number of aromatic nitrogens is 1. The van der Waals surface area contributed by atoms with Gasteiger partial charge in [-0.05, 0) is 43.5 Å². The molecule has 2 rings (SSSR count). The Balaban J connectivity index is 2.11. The molecule has 1 aromatic heterocycles. The fraction of sp³-hybridized carbons (Fsp3) is 0.312. The molecule has 0 spiro atoms. The van der Waals surface area contributed by atoms with Crippen LogP contribution in [0.1, 0.15) is 24.5 Å². The van der Waals surface area contributed by atoms with Crippen LogP contribution in [-0.2, 0) is 6.42 Å². The maximum atomic E-state index is 5.96. The molecule has 0 amide bonds. The van der Waals surface area contributed by atoms with Gasteiger partial charge in [0, 0.05) is 17.8 Å². The summed E-state index contributed by atoms with van der Waals surface area (Å²) in [4.78, 5) is 4.38. The molecule has 100 valence electrons. The van der Waals surface area contributed by atoms with E-state index in [4.69, 9.17) is 10.5 Å². The van der Waals surface area contributed by atoms with Crippen molar-refractivity contribution in [2.24, 2.45) is 5.73 Å². The Morgan fingerprint density at radius 1 is 1.26 bits per heavy atom. The first-order valence-corrected chi connectivity index (χ1v) is 6.63. The lowest BCUT2D eigenvalue weighted by Gasteiger charge is -2.11. The minimum atomic E-state index is 0.196. The van der Waals surface area contributed by atoms with Gasteiger partial charge in [-0.3, -0.25) is 0 Å². The van der Waals surface area contributed by atoms with Crippen molar-refractivity contribution in [1.82, 2.24) is 4.98 Å². The number of hydrogen-bond donors (Lipinski definition) is 1. The number of nitrogens with two attached hydrogens (primary N) is 1. The van der Waals surface area contributed by atoms with Crippen LogP contribution in [0.3, 0.4) is 0 Å². The number of aryl methyl sites for hydroxylation is 1. The Kier molecular flexibility index (Phi) is 4.53. The molecule has 3 heteroatoms. The van der Waals surface area contributed by atoms with Gasteiger partial charge in [-0.2, -0.15) is 0 Å². The Morgan fingerprint density at radius 2 is 2.00 bits per heavy atom. The summed E-state index contributed by atoms with van der Waals surface area (Å²) < 4.78 is 5.75. The first-order valence-electron chi connectivity index (χ1n) is 6.63. The topological polar surface area (TPSA) is 48.1 Å². The third kappa shape index (κ3) is 3.80. The Hall–Kier alpha value is -1.87. The van der Waals surface area contributed by atoms with Gasteiger partial charge < -0.3 is 10.5 Å². The highest BCUT2D eigenvalue weighted by Crippen LogP contribution is 2.23. The second-order valence-electron chi connectivity index (χ2n) is 4.75. The van der Waals surface area contributed by atoms with Crippen molar-refractivity contribution in [1.29, 1.82) is 0 Å². The van der Waals surface area contributed by atoms with E-state index in [2.05, 4.69) is 18.0 Å². The van der Waals surface area contributed by atoms with Gasteiger partial charge in [0.2, 0.25) is 5.88 Å². The number of pyridine rings is 1. The molecule has 2 N–H and O–H groups in total. The lowest BCUT2D eigenvalue weighted by molar-refractivity contribution is 0.458. The van der Waals surface area contributed by atoms with Crippen LogP contribution in [0.4, 0.5) is 0 Å². The largest absolute Gasteiger partial charge is 0.439 e. The average molecular weight is 256 g/mol. The number of ether oxygens (including phenoxy) is 1. The molecule has 0 saturated carbocycles. The molecule has 1 aromatic carbocycles. The Bertz CT molecular complexity index is 526. The molecular weight excluding hydrogens is 236 g/mol. The number of hydrogen-bond acceptors (Lipinski definition) is 3. The van der Waals surface area contributed by atoms with E-state index in [0.29, 0.717) is 5.88 Å². The quantitative estimate of drug-likeness (QED) is 0.891. The van der Waals surface area contributed by atoms with Gasteiger partial charge in [0.05, 0.1) is 0 Å². The van der Waals surface area contributed by atoms with Gasteiger partial charge in [0.15, 0.2) is 0 Å². The van der Waals surface area contributed by atoms with Gasteiger partial charge >= 0.3 is 0 Å². The van der Waals surface area contributed by atoms with Crippen LogP contribution in [0, 0.1) is 6.92 Å². The molecule has 0 aliphatic heterocycles. The van der Waals surface area contributed by atoms with E-state index in [-0.39, 0.29) is 6.04 Å². The highest BCUT2D eigenvalue weighted by atomic mass is 16.5. The minimum absolute atomic E-state index is 0.196. The smallest absolute Gasteiger partial charge is 0.222 e. The zero-order chi connectivity index (χ0) is 13.7. The summed E-state index contributed by atoms with van der Waals surface area (Å²) in [6, 6.07) is 12.0. The van der Waals surface area contributed by atoms with Gasteiger partial charge in [-0.25, -0.2) is 4.98 Å². The molecule has 3 nitrogen and oxygen atoms in total. The lowest BCUT2D eigenvalue weighted by atomic mass is 10.1. The van der Waals surface area contributed by atoms with Crippen LogP contribution < -0.4 is 10.5 Å². The van der Waals surface area contributed by atoms with Gasteiger partial charge in [0.1, 0.15) is 5.75 Å². The maximum absolute atomic E-state index is 5.96. The summed E-state index contributed by atoms with van der Waals surface area (Å²) in [7, 11) is 0. The molecule has 2 aromatic rings. The molecule has 0 aliphatic carbocycles. The molecule has 0 fully saturated rings. The second kappa shape index (κ2) is 6.34. The maximum Gasteiger partial charge on any atom is 0.222 e. The summed E-state index contributed by atoms with van der Waals surface area (Å²) >= 11 is 0. The van der Waals surface area contributed by atoms with E-state index < -0.39 is 0 Å². The third-order valence-electron chi connectivity index (χ3n) is 3.07. The lowest BCUT2D eigenvalue weighted by Crippen LogP contribution is -2.21. The van der Waals surface area contributed by atoms with Crippen molar-refractivity contribution in [3.05, 3.63) is 53.7 Å². The monoisotopic (exact) mass is 256 g/mol. The van der Waals surface area contributed by atoms with E-state index in [1.807, 2.05) is 43.5 Å². The fourth-order valence-corrected chi connectivity index (χ4v) is 1.89. The zero-order valence-electron chi connectivity index (χ0n) is 11.5. The van der Waals surface area contributed by atoms with E-state index in [1.54, 1.807) is 0 Å².